The highest BCUT2D eigenvalue weighted by Gasteiger charge is 2.23. The van der Waals surface area contributed by atoms with Crippen molar-refractivity contribution < 1.29 is 9.53 Å². The van der Waals surface area contributed by atoms with E-state index < -0.39 is 5.60 Å². The van der Waals surface area contributed by atoms with E-state index in [0.717, 1.165) is 43.6 Å². The smallest absolute Gasteiger partial charge is 0.407 e. The van der Waals surface area contributed by atoms with Crippen LogP contribution in [0.5, 0.6) is 0 Å². The number of hydrogen-bond donors (Lipinski definition) is 1. The highest BCUT2D eigenvalue weighted by Crippen LogP contribution is 2.15. The number of hydrogen-bond acceptors (Lipinski definition) is 5. The lowest BCUT2D eigenvalue weighted by atomic mass is 10.0. The summed E-state index contributed by atoms with van der Waals surface area (Å²) in [5.74, 6) is 0. The van der Waals surface area contributed by atoms with Gasteiger partial charge in [-0.2, -0.15) is 0 Å². The molecule has 29 heavy (non-hydrogen) atoms. The van der Waals surface area contributed by atoms with Gasteiger partial charge in [0.05, 0.1) is 6.54 Å². The van der Waals surface area contributed by atoms with Crippen LogP contribution in [0, 0.1) is 0 Å². The number of ether oxygens (including phenoxy) is 1. The lowest BCUT2D eigenvalue weighted by molar-refractivity contribution is 0.0477. The molecular weight excluding hydrogens is 368 g/mol. The molecule has 0 radical (unpaired) electrons. The molecule has 156 valence electrons. The van der Waals surface area contributed by atoms with Gasteiger partial charge in [0.2, 0.25) is 0 Å². The second-order valence-electron chi connectivity index (χ2n) is 8.56. The molecule has 2 aromatic rings. The zero-order valence-electron chi connectivity index (χ0n) is 17.4. The zero-order valence-corrected chi connectivity index (χ0v) is 17.4. The maximum atomic E-state index is 12.2. The molecule has 1 amide bonds. The topological polar surface area (TPSA) is 76.5 Å². The molecule has 1 fully saturated rings. The molecule has 0 aliphatic carbocycles. The van der Waals surface area contributed by atoms with Gasteiger partial charge in [0.25, 0.3) is 5.56 Å². The van der Waals surface area contributed by atoms with Crippen molar-refractivity contribution in [3.8, 4) is 0 Å². The van der Waals surface area contributed by atoms with Crippen LogP contribution in [-0.4, -0.2) is 45.3 Å². The normalized spacial score (nSPS) is 15.8. The minimum atomic E-state index is -0.482. The van der Waals surface area contributed by atoms with Gasteiger partial charge in [0.1, 0.15) is 5.60 Å². The molecule has 1 aliphatic heterocycles. The van der Waals surface area contributed by atoms with Crippen LogP contribution in [-0.2, 0) is 17.8 Å². The number of aromatic nitrogens is 2. The standard InChI is InChI=1S/C22H30N4O3/c1-22(2,3)29-21(28)24-19-8-11-25(12-9-19)14-18-6-7-20(27)26(16-18)15-17-5-4-10-23-13-17/h4-7,10,13,16,19H,8-9,11-12,14-15H2,1-3H3,(H,24,28). The zero-order chi connectivity index (χ0) is 20.9. The number of rotatable bonds is 5. The maximum Gasteiger partial charge on any atom is 0.407 e. The number of likely N-dealkylation sites (tertiary alicyclic amines) is 1. The summed E-state index contributed by atoms with van der Waals surface area (Å²) in [4.78, 5) is 30.6. The summed E-state index contributed by atoms with van der Waals surface area (Å²) in [7, 11) is 0. The van der Waals surface area contributed by atoms with Gasteiger partial charge in [-0.3, -0.25) is 14.7 Å². The molecule has 7 nitrogen and oxygen atoms in total. The summed E-state index contributed by atoms with van der Waals surface area (Å²) in [6.45, 7) is 8.67. The average molecular weight is 399 g/mol. The maximum absolute atomic E-state index is 12.2. The first kappa shape index (κ1) is 21.0. The van der Waals surface area contributed by atoms with Crippen LogP contribution in [0.1, 0.15) is 44.7 Å². The molecule has 0 aromatic carbocycles. The van der Waals surface area contributed by atoms with E-state index in [1.165, 1.54) is 0 Å². The average Bonchev–Trinajstić information content (AvgIpc) is 2.65. The number of piperidine rings is 1. The van der Waals surface area contributed by atoms with Gasteiger partial charge < -0.3 is 14.6 Å². The quantitative estimate of drug-likeness (QED) is 0.838. The Morgan fingerprint density at radius 1 is 1.17 bits per heavy atom. The highest BCUT2D eigenvalue weighted by molar-refractivity contribution is 5.68. The van der Waals surface area contributed by atoms with E-state index in [1.54, 1.807) is 23.0 Å². The van der Waals surface area contributed by atoms with E-state index in [9.17, 15) is 9.59 Å². The fourth-order valence-electron chi connectivity index (χ4n) is 3.45. The third kappa shape index (κ3) is 6.71. The third-order valence-electron chi connectivity index (χ3n) is 4.84. The van der Waals surface area contributed by atoms with Gasteiger partial charge in [-0.15, -0.1) is 0 Å². The minimum absolute atomic E-state index is 0.0159. The molecule has 0 spiro atoms. The van der Waals surface area contributed by atoms with Crippen LogP contribution in [0.4, 0.5) is 4.79 Å². The van der Waals surface area contributed by atoms with Gasteiger partial charge in [0.15, 0.2) is 0 Å². The van der Waals surface area contributed by atoms with Gasteiger partial charge in [-0.1, -0.05) is 12.1 Å². The van der Waals surface area contributed by atoms with E-state index in [1.807, 2.05) is 45.2 Å². The highest BCUT2D eigenvalue weighted by atomic mass is 16.6. The summed E-state index contributed by atoms with van der Waals surface area (Å²) in [5.41, 5.74) is 1.61. The molecular formula is C22H30N4O3. The molecule has 0 atom stereocenters. The van der Waals surface area contributed by atoms with Crippen LogP contribution < -0.4 is 10.9 Å². The Hall–Kier alpha value is -2.67. The molecule has 3 heterocycles. The molecule has 2 aromatic heterocycles. The Bertz CT molecular complexity index is 866. The van der Waals surface area contributed by atoms with Gasteiger partial charge in [-0.05, 0) is 50.8 Å². The molecule has 1 aliphatic rings. The second kappa shape index (κ2) is 9.22. The SMILES string of the molecule is CC(C)(C)OC(=O)NC1CCN(Cc2ccc(=O)n(Cc3cccnc3)c2)CC1. The third-order valence-corrected chi connectivity index (χ3v) is 4.84. The van der Waals surface area contributed by atoms with E-state index in [0.29, 0.717) is 6.54 Å². The van der Waals surface area contributed by atoms with E-state index in [-0.39, 0.29) is 17.7 Å². The molecule has 3 rings (SSSR count). The van der Waals surface area contributed by atoms with Gasteiger partial charge >= 0.3 is 6.09 Å². The predicted molar refractivity (Wildman–Crippen MR) is 112 cm³/mol. The first-order valence-electron chi connectivity index (χ1n) is 10.1. The molecule has 1 saturated heterocycles. The first-order valence-corrected chi connectivity index (χ1v) is 10.1. The van der Waals surface area contributed by atoms with E-state index >= 15 is 0 Å². The lowest BCUT2D eigenvalue weighted by Crippen LogP contribution is -2.45. The summed E-state index contributed by atoms with van der Waals surface area (Å²) >= 11 is 0. The van der Waals surface area contributed by atoms with Gasteiger partial charge in [0, 0.05) is 50.3 Å². The van der Waals surface area contributed by atoms with Crippen LogP contribution in [0.15, 0.2) is 47.7 Å². The second-order valence-corrected chi connectivity index (χ2v) is 8.56. The van der Waals surface area contributed by atoms with Crippen LogP contribution in [0.2, 0.25) is 0 Å². The molecule has 0 unspecified atom stereocenters. The Morgan fingerprint density at radius 3 is 2.59 bits per heavy atom. The molecule has 0 saturated carbocycles. The van der Waals surface area contributed by atoms with Crippen molar-refractivity contribution in [3.05, 3.63) is 64.3 Å². The molecule has 0 bridgehead atoms. The van der Waals surface area contributed by atoms with Crippen molar-refractivity contribution in [2.45, 2.75) is 58.3 Å². The number of pyridine rings is 2. The Kier molecular flexibility index (Phi) is 6.69. The number of amides is 1. The summed E-state index contributed by atoms with van der Waals surface area (Å²) in [5, 5.41) is 2.96. The fraction of sp³-hybridized carbons (Fsp3) is 0.500. The Labute approximate surface area is 171 Å². The van der Waals surface area contributed by atoms with Crippen molar-refractivity contribution in [1.29, 1.82) is 0 Å². The molecule has 1 N–H and O–H groups in total. The van der Waals surface area contributed by atoms with Crippen molar-refractivity contribution in [3.63, 3.8) is 0 Å². The van der Waals surface area contributed by atoms with Crippen LogP contribution in [0.25, 0.3) is 0 Å². The Morgan fingerprint density at radius 2 is 1.93 bits per heavy atom. The number of carbonyl (C=O) groups is 1. The van der Waals surface area contributed by atoms with Gasteiger partial charge in [-0.25, -0.2) is 4.79 Å². The monoisotopic (exact) mass is 398 g/mol. The summed E-state index contributed by atoms with van der Waals surface area (Å²) in [6.07, 6.45) is 6.85. The number of nitrogens with zero attached hydrogens (tertiary/aromatic N) is 3. The predicted octanol–water partition coefficient (Wildman–Crippen LogP) is 2.78. The van der Waals surface area contributed by atoms with Crippen molar-refractivity contribution in [2.75, 3.05) is 13.1 Å². The van der Waals surface area contributed by atoms with Crippen molar-refractivity contribution in [1.82, 2.24) is 19.8 Å². The number of nitrogens with one attached hydrogen (secondary N) is 1. The van der Waals surface area contributed by atoms with E-state index in [4.69, 9.17) is 4.74 Å². The molecule has 7 heteroatoms. The first-order chi connectivity index (χ1) is 13.8. The minimum Gasteiger partial charge on any atom is -0.444 e. The van der Waals surface area contributed by atoms with E-state index in [2.05, 4.69) is 15.2 Å². The van der Waals surface area contributed by atoms with Crippen LogP contribution >= 0.6 is 0 Å². The lowest BCUT2D eigenvalue weighted by Gasteiger charge is -2.32. The summed E-state index contributed by atoms with van der Waals surface area (Å²) in [6, 6.07) is 7.50. The Balaban J connectivity index is 1.52. The van der Waals surface area contributed by atoms with Crippen LogP contribution in [0.3, 0.4) is 0 Å². The fourth-order valence-corrected chi connectivity index (χ4v) is 3.45. The number of carbonyl (C=O) groups excluding carboxylic acids is 1. The summed E-state index contributed by atoms with van der Waals surface area (Å²) < 4.78 is 7.06. The van der Waals surface area contributed by atoms with Crippen molar-refractivity contribution in [2.24, 2.45) is 0 Å². The largest absolute Gasteiger partial charge is 0.444 e. The van der Waals surface area contributed by atoms with Crippen molar-refractivity contribution >= 4 is 6.09 Å². The number of alkyl carbamates (subject to hydrolysis) is 1.